The molecule has 2 aromatic carbocycles. The van der Waals surface area contributed by atoms with E-state index in [0.29, 0.717) is 24.0 Å². The Morgan fingerprint density at radius 2 is 1.89 bits per heavy atom. The third kappa shape index (κ3) is 3.09. The van der Waals surface area contributed by atoms with Gasteiger partial charge in [-0.25, -0.2) is 4.99 Å². The summed E-state index contributed by atoms with van der Waals surface area (Å²) in [4.78, 5) is 17.3. The van der Waals surface area contributed by atoms with E-state index in [9.17, 15) is 18.7 Å². The fourth-order valence-corrected chi connectivity index (χ4v) is 3.78. The summed E-state index contributed by atoms with van der Waals surface area (Å²) in [7, 11) is 0. The minimum atomic E-state index is -2.93. The van der Waals surface area contributed by atoms with Crippen LogP contribution < -0.4 is 15.8 Å². The van der Waals surface area contributed by atoms with Gasteiger partial charge in [0.05, 0.1) is 6.10 Å². The predicted molar refractivity (Wildman–Crippen MR) is 98.0 cm³/mol. The number of nitrogens with two attached hydrogens (primary N) is 1. The van der Waals surface area contributed by atoms with E-state index in [1.54, 1.807) is 6.07 Å². The highest BCUT2D eigenvalue weighted by atomic mass is 19.3. The van der Waals surface area contributed by atoms with E-state index >= 15 is 0 Å². The van der Waals surface area contributed by atoms with Crippen LogP contribution in [0.5, 0.6) is 5.75 Å². The van der Waals surface area contributed by atoms with Crippen LogP contribution in [-0.4, -0.2) is 29.7 Å². The van der Waals surface area contributed by atoms with Crippen molar-refractivity contribution < 1.29 is 23.4 Å². The minimum Gasteiger partial charge on any atom is -0.435 e. The number of halogens is 2. The summed E-state index contributed by atoms with van der Waals surface area (Å²) in [5.41, 5.74) is 6.48. The zero-order chi connectivity index (χ0) is 19.9. The van der Waals surface area contributed by atoms with Crippen LogP contribution in [-0.2, 0) is 10.3 Å². The molecule has 0 bridgehead atoms. The predicted octanol–water partition coefficient (Wildman–Crippen LogP) is 2.21. The number of amides is 1. The fraction of sp³-hybridized carbons (Fsp3) is 0.300. The van der Waals surface area contributed by atoms with Crippen molar-refractivity contribution in [2.75, 3.05) is 0 Å². The number of rotatable bonds is 5. The number of aliphatic hydroxyl groups is 1. The molecule has 2 aliphatic rings. The van der Waals surface area contributed by atoms with Crippen molar-refractivity contribution in [3.05, 3.63) is 65.2 Å². The van der Waals surface area contributed by atoms with Gasteiger partial charge < -0.3 is 15.6 Å². The van der Waals surface area contributed by atoms with Gasteiger partial charge in [-0.05, 0) is 47.6 Å². The van der Waals surface area contributed by atoms with Gasteiger partial charge in [-0.2, -0.15) is 8.78 Å². The summed E-state index contributed by atoms with van der Waals surface area (Å²) < 4.78 is 29.2. The molecule has 4 N–H and O–H groups in total. The normalized spacial score (nSPS) is 26.6. The number of carbonyl (C=O) groups excluding carboxylic acids is 1. The van der Waals surface area contributed by atoms with Gasteiger partial charge in [-0.15, -0.1) is 0 Å². The van der Waals surface area contributed by atoms with Crippen molar-refractivity contribution in [2.24, 2.45) is 10.7 Å². The Balaban J connectivity index is 1.76. The van der Waals surface area contributed by atoms with Crippen molar-refractivity contribution in [1.82, 2.24) is 5.32 Å². The maximum atomic E-state index is 12.9. The third-order valence-electron chi connectivity index (χ3n) is 5.24. The Hall–Kier alpha value is -3.00. The molecule has 0 saturated heterocycles. The summed E-state index contributed by atoms with van der Waals surface area (Å²) in [5.74, 6) is -0.221. The van der Waals surface area contributed by atoms with Crippen molar-refractivity contribution in [3.63, 3.8) is 0 Å². The Kier molecular flexibility index (Phi) is 4.50. The van der Waals surface area contributed by atoms with Gasteiger partial charge in [0.2, 0.25) is 0 Å². The highest BCUT2D eigenvalue weighted by molar-refractivity contribution is 6.09. The van der Waals surface area contributed by atoms with Crippen LogP contribution in [0.15, 0.2) is 53.5 Å². The first-order valence-electron chi connectivity index (χ1n) is 8.89. The molecule has 28 heavy (non-hydrogen) atoms. The Labute approximate surface area is 160 Å². The second kappa shape index (κ2) is 6.87. The van der Waals surface area contributed by atoms with Crippen molar-refractivity contribution in [2.45, 2.75) is 37.0 Å². The number of nitrogens with zero attached hydrogens (tertiary/aromatic N) is 1. The smallest absolute Gasteiger partial charge is 0.387 e. The molecular formula is C20H19F2N3O3. The number of ether oxygens (including phenoxy) is 1. The number of alkyl halides is 2. The molecule has 146 valence electrons. The van der Waals surface area contributed by atoms with Gasteiger partial charge in [0.15, 0.2) is 11.5 Å². The molecule has 6 nitrogen and oxygen atoms in total. The van der Waals surface area contributed by atoms with Crippen molar-refractivity contribution in [1.29, 1.82) is 0 Å². The number of benzene rings is 2. The van der Waals surface area contributed by atoms with E-state index in [1.807, 2.05) is 18.2 Å². The molecule has 1 heterocycles. The number of guanidine groups is 1. The third-order valence-corrected chi connectivity index (χ3v) is 5.24. The quantitative estimate of drug-likeness (QED) is 0.733. The first kappa shape index (κ1) is 18.4. The maximum absolute atomic E-state index is 12.9. The lowest BCUT2D eigenvalue weighted by molar-refractivity contribution is -0.122. The molecule has 0 radical (unpaired) electrons. The van der Waals surface area contributed by atoms with Crippen molar-refractivity contribution >= 4 is 11.9 Å². The van der Waals surface area contributed by atoms with Gasteiger partial charge in [-0.1, -0.05) is 36.4 Å². The SMILES string of the molecule is NC1=NC(c2ccc(OC(F)F)cc2)(c2cccc(C3CC(O)C3)c2)C(=O)N1. The molecule has 0 spiro atoms. The molecule has 1 aliphatic carbocycles. The molecule has 1 fully saturated rings. The van der Waals surface area contributed by atoms with Gasteiger partial charge in [0, 0.05) is 0 Å². The van der Waals surface area contributed by atoms with Gasteiger partial charge in [0.1, 0.15) is 5.75 Å². The van der Waals surface area contributed by atoms with Crippen LogP contribution in [0.3, 0.4) is 0 Å². The van der Waals surface area contributed by atoms with Gasteiger partial charge >= 0.3 is 6.61 Å². The topological polar surface area (TPSA) is 96.9 Å². The maximum Gasteiger partial charge on any atom is 0.387 e. The molecular weight excluding hydrogens is 368 g/mol. The lowest BCUT2D eigenvalue weighted by Crippen LogP contribution is -2.40. The summed E-state index contributed by atoms with van der Waals surface area (Å²) in [6.07, 6.45) is 1.05. The van der Waals surface area contributed by atoms with Crippen LogP contribution in [0.2, 0.25) is 0 Å². The fourth-order valence-electron chi connectivity index (χ4n) is 3.78. The minimum absolute atomic E-state index is 0.0117. The number of hydrogen-bond acceptors (Lipinski definition) is 5. The van der Waals surface area contributed by atoms with E-state index in [1.165, 1.54) is 24.3 Å². The van der Waals surface area contributed by atoms with Crippen LogP contribution in [0, 0.1) is 0 Å². The second-order valence-corrected chi connectivity index (χ2v) is 7.01. The summed E-state index contributed by atoms with van der Waals surface area (Å²) in [6.45, 7) is -2.93. The second-order valence-electron chi connectivity index (χ2n) is 7.01. The van der Waals surface area contributed by atoms with Crippen molar-refractivity contribution in [3.8, 4) is 5.75 Å². The molecule has 4 rings (SSSR count). The largest absolute Gasteiger partial charge is 0.435 e. The van der Waals surface area contributed by atoms with Gasteiger partial charge in [0.25, 0.3) is 5.91 Å². The Morgan fingerprint density at radius 3 is 2.46 bits per heavy atom. The molecule has 8 heteroatoms. The highest BCUT2D eigenvalue weighted by Gasteiger charge is 2.47. The number of hydrogen-bond donors (Lipinski definition) is 3. The Morgan fingerprint density at radius 1 is 1.18 bits per heavy atom. The number of nitrogens with one attached hydrogen (secondary N) is 1. The van der Waals surface area contributed by atoms with E-state index in [-0.39, 0.29) is 23.7 Å². The lowest BCUT2D eigenvalue weighted by atomic mass is 9.75. The molecule has 1 saturated carbocycles. The van der Waals surface area contributed by atoms with Crippen LogP contribution in [0.1, 0.15) is 35.4 Å². The van der Waals surface area contributed by atoms with Crippen LogP contribution >= 0.6 is 0 Å². The van der Waals surface area contributed by atoms with E-state index in [2.05, 4.69) is 15.0 Å². The Bertz CT molecular complexity index is 927. The average Bonchev–Trinajstić information content (AvgIpc) is 2.94. The molecule has 1 unspecified atom stereocenters. The zero-order valence-corrected chi connectivity index (χ0v) is 14.8. The zero-order valence-electron chi connectivity index (χ0n) is 14.8. The first-order chi connectivity index (χ1) is 13.4. The standard InChI is InChI=1S/C20H19F2N3O3/c21-18(22)28-16-6-4-13(5-7-16)20(17(27)24-19(23)25-20)14-3-1-2-11(8-14)12-9-15(26)10-12/h1-8,12,15,18,26H,9-10H2,(H3,23,24,25,27). The monoisotopic (exact) mass is 387 g/mol. The molecule has 1 aliphatic heterocycles. The first-order valence-corrected chi connectivity index (χ1v) is 8.89. The summed E-state index contributed by atoms with van der Waals surface area (Å²) in [6, 6.07) is 13.2. The summed E-state index contributed by atoms with van der Waals surface area (Å²) in [5, 5.41) is 12.1. The van der Waals surface area contributed by atoms with E-state index in [0.717, 1.165) is 5.56 Å². The lowest BCUT2D eigenvalue weighted by Gasteiger charge is -2.33. The molecule has 1 atom stereocenters. The molecule has 0 aromatic heterocycles. The van der Waals surface area contributed by atoms with Crippen LogP contribution in [0.25, 0.3) is 0 Å². The summed E-state index contributed by atoms with van der Waals surface area (Å²) >= 11 is 0. The van der Waals surface area contributed by atoms with E-state index in [4.69, 9.17) is 5.73 Å². The number of aliphatic hydroxyl groups excluding tert-OH is 1. The molecule has 1 amide bonds. The number of carbonyl (C=O) groups is 1. The highest BCUT2D eigenvalue weighted by Crippen LogP contribution is 2.41. The van der Waals surface area contributed by atoms with E-state index < -0.39 is 18.1 Å². The molecule has 2 aromatic rings. The number of aliphatic imine (C=N–C) groups is 1. The van der Waals surface area contributed by atoms with Gasteiger partial charge in [-0.3, -0.25) is 10.1 Å². The average molecular weight is 387 g/mol. The van der Waals surface area contributed by atoms with Crippen LogP contribution in [0.4, 0.5) is 8.78 Å².